The standard InChI is InChI=1S/C15H22N2O2/c1-3-14(15(18)17-8-7-12(16)10-17)19-13-6-4-5-11(2)9-13/h4-6,9,12,14H,3,7-8,10,16H2,1-2H3/t12-,14?/m1/s1. The topological polar surface area (TPSA) is 55.6 Å². The summed E-state index contributed by atoms with van der Waals surface area (Å²) in [6, 6.07) is 7.90. The molecule has 0 radical (unpaired) electrons. The predicted octanol–water partition coefficient (Wildman–Crippen LogP) is 1.71. The first kappa shape index (κ1) is 13.9. The van der Waals surface area contributed by atoms with Gasteiger partial charge in [-0.2, -0.15) is 0 Å². The molecule has 4 heteroatoms. The van der Waals surface area contributed by atoms with Gasteiger partial charge in [0.1, 0.15) is 5.75 Å². The maximum Gasteiger partial charge on any atom is 0.263 e. The summed E-state index contributed by atoms with van der Waals surface area (Å²) in [4.78, 5) is 14.2. The Bertz CT molecular complexity index is 448. The van der Waals surface area contributed by atoms with Gasteiger partial charge in [-0.1, -0.05) is 19.1 Å². The van der Waals surface area contributed by atoms with E-state index in [1.54, 1.807) is 0 Å². The first-order valence-electron chi connectivity index (χ1n) is 6.88. The Morgan fingerprint density at radius 3 is 2.95 bits per heavy atom. The molecule has 1 aromatic rings. The number of nitrogens with zero attached hydrogens (tertiary/aromatic N) is 1. The molecule has 2 rings (SSSR count). The van der Waals surface area contributed by atoms with E-state index in [2.05, 4.69) is 0 Å². The smallest absolute Gasteiger partial charge is 0.263 e. The van der Waals surface area contributed by atoms with Gasteiger partial charge in [-0.15, -0.1) is 0 Å². The summed E-state index contributed by atoms with van der Waals surface area (Å²) in [6.45, 7) is 5.36. The van der Waals surface area contributed by atoms with Crippen LogP contribution in [0.25, 0.3) is 0 Å². The van der Waals surface area contributed by atoms with E-state index in [0.29, 0.717) is 13.0 Å². The summed E-state index contributed by atoms with van der Waals surface area (Å²) >= 11 is 0. The van der Waals surface area contributed by atoms with Crippen LogP contribution < -0.4 is 10.5 Å². The first-order valence-corrected chi connectivity index (χ1v) is 6.88. The van der Waals surface area contributed by atoms with Crippen LogP contribution in [-0.2, 0) is 4.79 Å². The SMILES string of the molecule is CCC(Oc1cccc(C)c1)C(=O)N1CC[C@@H](N)C1. The predicted molar refractivity (Wildman–Crippen MR) is 75.1 cm³/mol. The van der Waals surface area contributed by atoms with E-state index in [1.807, 2.05) is 43.0 Å². The molecule has 0 aliphatic carbocycles. The van der Waals surface area contributed by atoms with Crippen LogP contribution in [0.2, 0.25) is 0 Å². The fourth-order valence-electron chi connectivity index (χ4n) is 2.35. The highest BCUT2D eigenvalue weighted by molar-refractivity contribution is 5.81. The largest absolute Gasteiger partial charge is 0.481 e. The minimum atomic E-state index is -0.410. The number of nitrogens with two attached hydrogens (primary N) is 1. The number of hydrogen-bond acceptors (Lipinski definition) is 3. The molecule has 19 heavy (non-hydrogen) atoms. The van der Waals surface area contributed by atoms with Gasteiger partial charge in [-0.25, -0.2) is 0 Å². The molecular weight excluding hydrogens is 240 g/mol. The molecule has 2 N–H and O–H groups in total. The second-order valence-corrected chi connectivity index (χ2v) is 5.16. The van der Waals surface area contributed by atoms with Crippen LogP contribution in [-0.4, -0.2) is 36.0 Å². The fraction of sp³-hybridized carbons (Fsp3) is 0.533. The Morgan fingerprint density at radius 1 is 1.58 bits per heavy atom. The molecule has 1 unspecified atom stereocenters. The van der Waals surface area contributed by atoms with Gasteiger partial charge in [0, 0.05) is 19.1 Å². The van der Waals surface area contributed by atoms with Gasteiger partial charge >= 0.3 is 0 Å². The van der Waals surface area contributed by atoms with Gasteiger partial charge in [0.2, 0.25) is 0 Å². The average Bonchev–Trinajstić information content (AvgIpc) is 2.82. The first-order chi connectivity index (χ1) is 9.10. The van der Waals surface area contributed by atoms with Crippen LogP contribution in [0.15, 0.2) is 24.3 Å². The lowest BCUT2D eigenvalue weighted by atomic mass is 10.2. The number of ether oxygens (including phenoxy) is 1. The van der Waals surface area contributed by atoms with Crippen molar-refractivity contribution >= 4 is 5.91 Å². The molecule has 0 saturated carbocycles. The van der Waals surface area contributed by atoms with Crippen molar-refractivity contribution in [1.29, 1.82) is 0 Å². The Kier molecular flexibility index (Phi) is 4.43. The molecule has 4 nitrogen and oxygen atoms in total. The number of likely N-dealkylation sites (tertiary alicyclic amines) is 1. The van der Waals surface area contributed by atoms with Crippen molar-refractivity contribution in [2.75, 3.05) is 13.1 Å². The Labute approximate surface area is 114 Å². The zero-order valence-electron chi connectivity index (χ0n) is 11.6. The van der Waals surface area contributed by atoms with E-state index in [9.17, 15) is 4.79 Å². The second kappa shape index (κ2) is 6.06. The average molecular weight is 262 g/mol. The van der Waals surface area contributed by atoms with Crippen molar-refractivity contribution in [2.24, 2.45) is 5.73 Å². The quantitative estimate of drug-likeness (QED) is 0.898. The van der Waals surface area contributed by atoms with E-state index >= 15 is 0 Å². The number of benzene rings is 1. The van der Waals surface area contributed by atoms with Crippen LogP contribution in [0, 0.1) is 6.92 Å². The van der Waals surface area contributed by atoms with E-state index in [1.165, 1.54) is 0 Å². The van der Waals surface area contributed by atoms with Crippen molar-refractivity contribution in [1.82, 2.24) is 4.90 Å². The summed E-state index contributed by atoms with van der Waals surface area (Å²) in [7, 11) is 0. The Hall–Kier alpha value is -1.55. The van der Waals surface area contributed by atoms with Crippen molar-refractivity contribution in [3.05, 3.63) is 29.8 Å². The van der Waals surface area contributed by atoms with Crippen LogP contribution in [0.5, 0.6) is 5.75 Å². The van der Waals surface area contributed by atoms with Crippen molar-refractivity contribution < 1.29 is 9.53 Å². The summed E-state index contributed by atoms with van der Waals surface area (Å²) in [5.74, 6) is 0.806. The van der Waals surface area contributed by atoms with Gasteiger partial charge in [0.05, 0.1) is 0 Å². The zero-order chi connectivity index (χ0) is 13.8. The summed E-state index contributed by atoms with van der Waals surface area (Å²) in [6.07, 6.45) is 1.14. The maximum atomic E-state index is 12.4. The molecule has 1 aliphatic rings. The summed E-state index contributed by atoms with van der Waals surface area (Å²) in [5, 5.41) is 0. The molecule has 0 aromatic heterocycles. The van der Waals surface area contributed by atoms with Gasteiger partial charge < -0.3 is 15.4 Å². The van der Waals surface area contributed by atoms with Crippen LogP contribution in [0.3, 0.4) is 0 Å². The van der Waals surface area contributed by atoms with Gasteiger partial charge in [-0.05, 0) is 37.5 Å². The maximum absolute atomic E-state index is 12.4. The molecule has 1 amide bonds. The van der Waals surface area contributed by atoms with Gasteiger partial charge in [0.25, 0.3) is 5.91 Å². The lowest BCUT2D eigenvalue weighted by Gasteiger charge is -2.23. The zero-order valence-corrected chi connectivity index (χ0v) is 11.6. The minimum absolute atomic E-state index is 0.0527. The number of hydrogen-bond donors (Lipinski definition) is 1. The number of carbonyl (C=O) groups is 1. The fourth-order valence-corrected chi connectivity index (χ4v) is 2.35. The number of aryl methyl sites for hydroxylation is 1. The van der Waals surface area contributed by atoms with E-state index in [4.69, 9.17) is 10.5 Å². The van der Waals surface area contributed by atoms with Gasteiger partial charge in [-0.3, -0.25) is 4.79 Å². The van der Waals surface area contributed by atoms with Crippen LogP contribution in [0.4, 0.5) is 0 Å². The number of carbonyl (C=O) groups excluding carboxylic acids is 1. The van der Waals surface area contributed by atoms with E-state index in [0.717, 1.165) is 24.3 Å². The highest BCUT2D eigenvalue weighted by Gasteiger charge is 2.29. The third-order valence-electron chi connectivity index (χ3n) is 3.45. The minimum Gasteiger partial charge on any atom is -0.481 e. The highest BCUT2D eigenvalue weighted by atomic mass is 16.5. The van der Waals surface area contributed by atoms with Crippen molar-refractivity contribution in [3.8, 4) is 5.75 Å². The molecule has 2 atom stereocenters. The summed E-state index contributed by atoms with van der Waals surface area (Å²) < 4.78 is 5.82. The molecule has 1 heterocycles. The second-order valence-electron chi connectivity index (χ2n) is 5.16. The normalized spacial score (nSPS) is 20.4. The highest BCUT2D eigenvalue weighted by Crippen LogP contribution is 2.18. The van der Waals surface area contributed by atoms with Gasteiger partial charge in [0.15, 0.2) is 6.10 Å². The lowest BCUT2D eigenvalue weighted by molar-refractivity contribution is -0.137. The molecule has 104 valence electrons. The third kappa shape index (κ3) is 3.47. The molecule has 1 saturated heterocycles. The number of rotatable bonds is 4. The van der Waals surface area contributed by atoms with Crippen LogP contribution in [0.1, 0.15) is 25.3 Å². The van der Waals surface area contributed by atoms with E-state index in [-0.39, 0.29) is 11.9 Å². The molecule has 0 spiro atoms. The Morgan fingerprint density at radius 2 is 2.37 bits per heavy atom. The number of amides is 1. The van der Waals surface area contributed by atoms with Crippen LogP contribution >= 0.6 is 0 Å². The molecule has 1 aromatic carbocycles. The van der Waals surface area contributed by atoms with Crippen molar-refractivity contribution in [2.45, 2.75) is 38.8 Å². The lowest BCUT2D eigenvalue weighted by Crippen LogP contribution is -2.41. The van der Waals surface area contributed by atoms with E-state index < -0.39 is 6.10 Å². The molecule has 1 aliphatic heterocycles. The third-order valence-corrected chi connectivity index (χ3v) is 3.45. The molecular formula is C15H22N2O2. The molecule has 1 fully saturated rings. The Balaban J connectivity index is 2.01. The molecule has 0 bridgehead atoms. The monoisotopic (exact) mass is 262 g/mol. The van der Waals surface area contributed by atoms with Crippen molar-refractivity contribution in [3.63, 3.8) is 0 Å². The summed E-state index contributed by atoms with van der Waals surface area (Å²) in [5.41, 5.74) is 6.97.